The monoisotopic (exact) mass is 437 g/mol. The second kappa shape index (κ2) is 8.33. The lowest BCUT2D eigenvalue weighted by molar-refractivity contribution is -0.125. The first-order chi connectivity index (χ1) is 15.5. The molecule has 0 radical (unpaired) electrons. The molecule has 3 aromatic rings. The highest BCUT2D eigenvalue weighted by Crippen LogP contribution is 2.37. The molecule has 4 heterocycles. The van der Waals surface area contributed by atoms with Crippen molar-refractivity contribution in [2.24, 2.45) is 5.92 Å². The maximum absolute atomic E-state index is 14.4. The van der Waals surface area contributed by atoms with Gasteiger partial charge in [0.1, 0.15) is 17.5 Å². The standard InChI is InChI=1S/C24H25F2N5O/c1-16-8-11-29(15-16)23(32)7-4-17-14-27-31-12-9-22(28-24(17)31)30-10-2-3-21(30)19-13-18(25)5-6-20(19)26/h4-7,9,12-14,16,21H,2-3,8,10-11,15H2,1H3/b7-4+/t16-,21+/m0/s1. The van der Waals surface area contributed by atoms with E-state index in [0.717, 1.165) is 44.0 Å². The summed E-state index contributed by atoms with van der Waals surface area (Å²) < 4.78 is 29.9. The third-order valence-electron chi connectivity index (χ3n) is 6.39. The summed E-state index contributed by atoms with van der Waals surface area (Å²) in [6.45, 7) is 4.42. The number of rotatable bonds is 4. The van der Waals surface area contributed by atoms with Crippen molar-refractivity contribution in [1.29, 1.82) is 0 Å². The molecule has 0 bridgehead atoms. The van der Waals surface area contributed by atoms with Crippen LogP contribution in [0.3, 0.4) is 0 Å². The largest absolute Gasteiger partial charge is 0.349 e. The van der Waals surface area contributed by atoms with Crippen LogP contribution >= 0.6 is 0 Å². The third-order valence-corrected chi connectivity index (χ3v) is 6.39. The van der Waals surface area contributed by atoms with E-state index in [-0.39, 0.29) is 11.9 Å². The van der Waals surface area contributed by atoms with E-state index in [4.69, 9.17) is 4.98 Å². The van der Waals surface area contributed by atoms with Crippen molar-refractivity contribution in [3.63, 3.8) is 0 Å². The van der Waals surface area contributed by atoms with E-state index in [0.29, 0.717) is 29.5 Å². The Morgan fingerprint density at radius 1 is 1.19 bits per heavy atom. The number of hydrogen-bond acceptors (Lipinski definition) is 4. The predicted molar refractivity (Wildman–Crippen MR) is 118 cm³/mol. The summed E-state index contributed by atoms with van der Waals surface area (Å²) in [5, 5.41) is 4.33. The fourth-order valence-corrected chi connectivity index (χ4v) is 4.69. The average molecular weight is 437 g/mol. The van der Waals surface area contributed by atoms with E-state index in [1.807, 2.05) is 15.9 Å². The van der Waals surface area contributed by atoms with Gasteiger partial charge in [-0.25, -0.2) is 18.3 Å². The van der Waals surface area contributed by atoms with E-state index >= 15 is 0 Å². The predicted octanol–water partition coefficient (Wildman–Crippen LogP) is 4.23. The highest BCUT2D eigenvalue weighted by Gasteiger charge is 2.30. The van der Waals surface area contributed by atoms with Crippen molar-refractivity contribution in [3.05, 3.63) is 65.5 Å². The molecule has 2 saturated heterocycles. The zero-order chi connectivity index (χ0) is 22.2. The maximum atomic E-state index is 14.4. The fraction of sp³-hybridized carbons (Fsp3) is 0.375. The average Bonchev–Trinajstić information content (AvgIpc) is 3.53. The number of anilines is 1. The Morgan fingerprint density at radius 2 is 2.06 bits per heavy atom. The minimum absolute atomic E-state index is 0.00830. The lowest BCUT2D eigenvalue weighted by Gasteiger charge is -2.26. The molecule has 5 rings (SSSR count). The summed E-state index contributed by atoms with van der Waals surface area (Å²) in [5.41, 5.74) is 1.70. The Labute approximate surface area is 185 Å². The summed E-state index contributed by atoms with van der Waals surface area (Å²) in [6.07, 6.45) is 9.42. The van der Waals surface area contributed by atoms with Gasteiger partial charge in [-0.3, -0.25) is 4.79 Å². The summed E-state index contributed by atoms with van der Waals surface area (Å²) in [4.78, 5) is 21.1. The molecule has 2 fully saturated rings. The van der Waals surface area contributed by atoms with Gasteiger partial charge < -0.3 is 9.80 Å². The van der Waals surface area contributed by atoms with Crippen molar-refractivity contribution in [1.82, 2.24) is 19.5 Å². The molecule has 6 nitrogen and oxygen atoms in total. The van der Waals surface area contributed by atoms with E-state index in [1.54, 1.807) is 29.1 Å². The number of amides is 1. The van der Waals surface area contributed by atoms with E-state index in [9.17, 15) is 13.6 Å². The van der Waals surface area contributed by atoms with Gasteiger partial charge in [0.05, 0.1) is 12.2 Å². The van der Waals surface area contributed by atoms with Crippen LogP contribution in [-0.4, -0.2) is 45.0 Å². The number of likely N-dealkylation sites (tertiary alicyclic amines) is 1. The first-order valence-corrected chi connectivity index (χ1v) is 11.0. The van der Waals surface area contributed by atoms with Crippen molar-refractivity contribution in [2.75, 3.05) is 24.5 Å². The van der Waals surface area contributed by atoms with Gasteiger partial charge in [-0.15, -0.1) is 0 Å². The van der Waals surface area contributed by atoms with E-state index < -0.39 is 11.6 Å². The smallest absolute Gasteiger partial charge is 0.246 e. The summed E-state index contributed by atoms with van der Waals surface area (Å²) in [7, 11) is 0. The van der Waals surface area contributed by atoms with Gasteiger partial charge >= 0.3 is 0 Å². The van der Waals surface area contributed by atoms with Gasteiger partial charge in [0.2, 0.25) is 5.91 Å². The van der Waals surface area contributed by atoms with Crippen LogP contribution in [0.15, 0.2) is 42.7 Å². The molecule has 0 saturated carbocycles. The van der Waals surface area contributed by atoms with Crippen LogP contribution in [0.25, 0.3) is 11.7 Å². The molecule has 2 aliphatic rings. The van der Waals surface area contributed by atoms with Crippen molar-refractivity contribution in [2.45, 2.75) is 32.2 Å². The van der Waals surface area contributed by atoms with Crippen LogP contribution in [0.1, 0.15) is 43.4 Å². The molecule has 166 valence electrons. The van der Waals surface area contributed by atoms with Gasteiger partial charge in [-0.2, -0.15) is 5.10 Å². The molecular formula is C24H25F2N5O. The molecule has 2 atom stereocenters. The second-order valence-corrected chi connectivity index (χ2v) is 8.68. The Balaban J connectivity index is 1.42. The van der Waals surface area contributed by atoms with Gasteiger partial charge in [-0.1, -0.05) is 6.92 Å². The van der Waals surface area contributed by atoms with E-state index in [2.05, 4.69) is 12.0 Å². The number of carbonyl (C=O) groups excluding carboxylic acids is 1. The molecule has 0 N–H and O–H groups in total. The fourth-order valence-electron chi connectivity index (χ4n) is 4.69. The first kappa shape index (κ1) is 20.6. The van der Waals surface area contributed by atoms with Crippen LogP contribution in [0.2, 0.25) is 0 Å². The van der Waals surface area contributed by atoms with Gasteiger partial charge in [-0.05, 0) is 55.5 Å². The second-order valence-electron chi connectivity index (χ2n) is 8.68. The van der Waals surface area contributed by atoms with Crippen LogP contribution in [0, 0.1) is 17.6 Å². The number of carbonyl (C=O) groups is 1. The molecule has 8 heteroatoms. The SMILES string of the molecule is C[C@H]1CCN(C(=O)/C=C/c2cnn3ccc(N4CCC[C@@H]4c4cc(F)ccc4F)nc23)C1. The number of hydrogen-bond donors (Lipinski definition) is 0. The van der Waals surface area contributed by atoms with Crippen LogP contribution in [-0.2, 0) is 4.79 Å². The van der Waals surface area contributed by atoms with Crippen LogP contribution in [0.4, 0.5) is 14.6 Å². The van der Waals surface area contributed by atoms with Crippen molar-refractivity contribution >= 4 is 23.4 Å². The zero-order valence-electron chi connectivity index (χ0n) is 17.9. The summed E-state index contributed by atoms with van der Waals surface area (Å²) >= 11 is 0. The normalized spacial score (nSPS) is 21.3. The minimum atomic E-state index is -0.447. The topological polar surface area (TPSA) is 53.7 Å². The molecule has 32 heavy (non-hydrogen) atoms. The summed E-state index contributed by atoms with van der Waals surface area (Å²) in [6, 6.07) is 5.14. The molecule has 0 spiro atoms. The summed E-state index contributed by atoms with van der Waals surface area (Å²) in [5.74, 6) is 0.346. The molecule has 2 aromatic heterocycles. The minimum Gasteiger partial charge on any atom is -0.349 e. The number of fused-ring (bicyclic) bond motifs is 1. The molecule has 0 unspecified atom stereocenters. The Kier molecular flexibility index (Phi) is 5.36. The van der Waals surface area contributed by atoms with Crippen molar-refractivity contribution in [3.8, 4) is 0 Å². The Bertz CT molecular complexity index is 1190. The zero-order valence-corrected chi connectivity index (χ0v) is 17.9. The maximum Gasteiger partial charge on any atom is 0.246 e. The molecule has 1 aromatic carbocycles. The van der Waals surface area contributed by atoms with Gasteiger partial charge in [0.25, 0.3) is 0 Å². The first-order valence-electron chi connectivity index (χ1n) is 11.0. The van der Waals surface area contributed by atoms with E-state index in [1.165, 1.54) is 12.1 Å². The lowest BCUT2D eigenvalue weighted by Crippen LogP contribution is -2.26. The Morgan fingerprint density at radius 3 is 2.88 bits per heavy atom. The number of aromatic nitrogens is 3. The van der Waals surface area contributed by atoms with Crippen molar-refractivity contribution < 1.29 is 13.6 Å². The lowest BCUT2D eigenvalue weighted by atomic mass is 10.0. The third kappa shape index (κ3) is 3.85. The highest BCUT2D eigenvalue weighted by molar-refractivity contribution is 5.92. The highest BCUT2D eigenvalue weighted by atomic mass is 19.1. The Hall–Kier alpha value is -3.29. The molecule has 1 amide bonds. The van der Waals surface area contributed by atoms with Crippen LogP contribution in [0.5, 0.6) is 0 Å². The van der Waals surface area contributed by atoms with Gasteiger partial charge in [0, 0.05) is 43.0 Å². The number of benzene rings is 1. The van der Waals surface area contributed by atoms with Gasteiger partial charge in [0.15, 0.2) is 5.65 Å². The molecule has 0 aliphatic carbocycles. The molecular weight excluding hydrogens is 412 g/mol. The van der Waals surface area contributed by atoms with Crippen LogP contribution < -0.4 is 4.90 Å². The molecule has 2 aliphatic heterocycles. The number of halogens is 2. The quantitative estimate of drug-likeness (QED) is 0.574. The number of nitrogens with zero attached hydrogens (tertiary/aromatic N) is 5.